The number of hydrogen-bond acceptors (Lipinski definition) is 5. The van der Waals surface area contributed by atoms with Crippen molar-refractivity contribution in [3.8, 4) is 11.5 Å². The molecule has 3 atom stereocenters. The number of rotatable bonds is 5. The third-order valence-electron chi connectivity index (χ3n) is 5.56. The molecule has 0 aliphatic carbocycles. The first kappa shape index (κ1) is 22.3. The SMILES string of the molecule is COc1cc(OC)cc(N2CC(C(=O)N3CCCCC3C(C)N)CC2=O)c1.Cl. The number of ether oxygens (including phenoxy) is 2. The summed E-state index contributed by atoms with van der Waals surface area (Å²) in [7, 11) is 3.14. The monoisotopic (exact) mass is 411 g/mol. The van der Waals surface area contributed by atoms with Gasteiger partial charge in [0.2, 0.25) is 11.8 Å². The maximum atomic E-state index is 13.1. The number of hydrogen-bond donors (Lipinski definition) is 1. The Morgan fingerprint density at radius 3 is 2.39 bits per heavy atom. The van der Waals surface area contributed by atoms with Gasteiger partial charge in [0, 0.05) is 49.8 Å². The van der Waals surface area contributed by atoms with Gasteiger partial charge in [0.15, 0.2) is 0 Å². The van der Waals surface area contributed by atoms with Crippen molar-refractivity contribution in [2.45, 2.75) is 44.7 Å². The van der Waals surface area contributed by atoms with Crippen LogP contribution in [-0.2, 0) is 9.59 Å². The molecule has 2 N–H and O–H groups in total. The summed E-state index contributed by atoms with van der Waals surface area (Å²) in [6, 6.07) is 5.34. The van der Waals surface area contributed by atoms with E-state index in [1.807, 2.05) is 11.8 Å². The molecule has 8 heteroatoms. The molecule has 0 spiro atoms. The summed E-state index contributed by atoms with van der Waals surface area (Å²) >= 11 is 0. The standard InChI is InChI=1S/C20H29N3O4.ClH/c1-13(21)18-6-4-5-7-22(18)20(25)14-8-19(24)23(12-14)15-9-16(26-2)11-17(10-15)27-3;/h9-11,13-14,18H,4-8,12,21H2,1-3H3;1H. The summed E-state index contributed by atoms with van der Waals surface area (Å²) in [6.45, 7) is 3.05. The zero-order valence-electron chi connectivity index (χ0n) is 16.7. The quantitative estimate of drug-likeness (QED) is 0.802. The molecule has 2 saturated heterocycles. The van der Waals surface area contributed by atoms with Crippen LogP contribution in [0.25, 0.3) is 0 Å². The number of amides is 2. The van der Waals surface area contributed by atoms with Crippen LogP contribution in [0.5, 0.6) is 11.5 Å². The lowest BCUT2D eigenvalue weighted by Crippen LogP contribution is -2.53. The molecule has 28 heavy (non-hydrogen) atoms. The summed E-state index contributed by atoms with van der Waals surface area (Å²) in [5, 5.41) is 0. The molecule has 0 aromatic heterocycles. The highest BCUT2D eigenvalue weighted by Crippen LogP contribution is 2.33. The number of carbonyl (C=O) groups is 2. The minimum atomic E-state index is -0.339. The summed E-state index contributed by atoms with van der Waals surface area (Å²) < 4.78 is 10.6. The van der Waals surface area contributed by atoms with Gasteiger partial charge in [0.25, 0.3) is 0 Å². The zero-order chi connectivity index (χ0) is 19.6. The highest BCUT2D eigenvalue weighted by Gasteiger charge is 2.40. The Bertz CT molecular complexity index is 690. The van der Waals surface area contributed by atoms with E-state index in [-0.39, 0.29) is 48.6 Å². The number of piperidine rings is 1. The molecule has 3 unspecified atom stereocenters. The average molecular weight is 412 g/mol. The first-order chi connectivity index (χ1) is 12.9. The number of anilines is 1. The molecule has 1 aromatic rings. The van der Waals surface area contributed by atoms with Crippen LogP contribution in [0.4, 0.5) is 5.69 Å². The third kappa shape index (κ3) is 4.52. The Balaban J connectivity index is 0.00000280. The predicted molar refractivity (Wildman–Crippen MR) is 110 cm³/mol. The van der Waals surface area contributed by atoms with Crippen molar-refractivity contribution >= 4 is 29.9 Å². The largest absolute Gasteiger partial charge is 0.497 e. The van der Waals surface area contributed by atoms with E-state index in [1.165, 1.54) is 0 Å². The molecule has 2 aliphatic rings. The average Bonchev–Trinajstić information content (AvgIpc) is 3.08. The molecule has 0 saturated carbocycles. The maximum absolute atomic E-state index is 13.1. The Morgan fingerprint density at radius 1 is 1.18 bits per heavy atom. The van der Waals surface area contributed by atoms with Crippen LogP contribution in [0.3, 0.4) is 0 Å². The van der Waals surface area contributed by atoms with E-state index >= 15 is 0 Å². The van der Waals surface area contributed by atoms with Crippen LogP contribution in [-0.4, -0.2) is 56.1 Å². The van der Waals surface area contributed by atoms with Crippen LogP contribution in [0.1, 0.15) is 32.6 Å². The van der Waals surface area contributed by atoms with Crippen LogP contribution < -0.4 is 20.1 Å². The Hall–Kier alpha value is -1.99. The normalized spacial score (nSPS) is 23.2. The molecule has 7 nitrogen and oxygen atoms in total. The second kappa shape index (κ2) is 9.47. The van der Waals surface area contributed by atoms with E-state index in [9.17, 15) is 9.59 Å². The Kier molecular flexibility index (Phi) is 7.55. The van der Waals surface area contributed by atoms with E-state index in [2.05, 4.69) is 0 Å². The third-order valence-corrected chi connectivity index (χ3v) is 5.56. The fraction of sp³-hybridized carbons (Fsp3) is 0.600. The van der Waals surface area contributed by atoms with Crippen LogP contribution in [0.2, 0.25) is 0 Å². The van der Waals surface area contributed by atoms with Gasteiger partial charge in [-0.2, -0.15) is 0 Å². The highest BCUT2D eigenvalue weighted by atomic mass is 35.5. The number of carbonyl (C=O) groups excluding carboxylic acids is 2. The molecular weight excluding hydrogens is 382 g/mol. The van der Waals surface area contributed by atoms with Crippen molar-refractivity contribution in [2.24, 2.45) is 11.7 Å². The van der Waals surface area contributed by atoms with Gasteiger partial charge in [0.1, 0.15) is 11.5 Å². The minimum Gasteiger partial charge on any atom is -0.497 e. The first-order valence-corrected chi connectivity index (χ1v) is 9.54. The van der Waals surface area contributed by atoms with E-state index in [1.54, 1.807) is 37.3 Å². The van der Waals surface area contributed by atoms with Gasteiger partial charge in [0.05, 0.1) is 25.8 Å². The molecule has 0 radical (unpaired) electrons. The van der Waals surface area contributed by atoms with Gasteiger partial charge in [-0.1, -0.05) is 0 Å². The Labute approximate surface area is 172 Å². The number of benzene rings is 1. The second-order valence-corrected chi connectivity index (χ2v) is 7.43. The van der Waals surface area contributed by atoms with Crippen molar-refractivity contribution in [2.75, 3.05) is 32.2 Å². The topological polar surface area (TPSA) is 85.1 Å². The Morgan fingerprint density at radius 2 is 1.82 bits per heavy atom. The molecule has 0 bridgehead atoms. The number of nitrogens with zero attached hydrogens (tertiary/aromatic N) is 2. The van der Waals surface area contributed by atoms with Gasteiger partial charge in [-0.15, -0.1) is 12.4 Å². The summed E-state index contributed by atoms with van der Waals surface area (Å²) in [5.41, 5.74) is 6.79. The number of methoxy groups -OCH3 is 2. The van der Waals surface area contributed by atoms with Crippen molar-refractivity contribution in [1.82, 2.24) is 4.90 Å². The summed E-state index contributed by atoms with van der Waals surface area (Å²) in [6.07, 6.45) is 3.24. The zero-order valence-corrected chi connectivity index (χ0v) is 17.5. The van der Waals surface area contributed by atoms with Gasteiger partial charge in [-0.3, -0.25) is 9.59 Å². The van der Waals surface area contributed by atoms with Gasteiger partial charge in [-0.25, -0.2) is 0 Å². The van der Waals surface area contributed by atoms with Crippen molar-refractivity contribution in [1.29, 1.82) is 0 Å². The number of halogens is 1. The van der Waals surface area contributed by atoms with Crippen molar-refractivity contribution in [3.05, 3.63) is 18.2 Å². The minimum absolute atomic E-state index is 0. The lowest BCUT2D eigenvalue weighted by atomic mass is 9.94. The van der Waals surface area contributed by atoms with Crippen molar-refractivity contribution in [3.63, 3.8) is 0 Å². The maximum Gasteiger partial charge on any atom is 0.228 e. The van der Waals surface area contributed by atoms with Gasteiger partial charge >= 0.3 is 0 Å². The highest BCUT2D eigenvalue weighted by molar-refractivity contribution is 6.00. The molecule has 2 aliphatic heterocycles. The first-order valence-electron chi connectivity index (χ1n) is 9.54. The number of likely N-dealkylation sites (tertiary alicyclic amines) is 1. The molecule has 2 heterocycles. The molecule has 2 fully saturated rings. The summed E-state index contributed by atoms with van der Waals surface area (Å²) in [4.78, 5) is 29.3. The number of nitrogens with two attached hydrogens (primary N) is 1. The van der Waals surface area contributed by atoms with Crippen LogP contribution in [0, 0.1) is 5.92 Å². The molecular formula is C20H30ClN3O4. The predicted octanol–water partition coefficient (Wildman–Crippen LogP) is 2.21. The molecule has 156 valence electrons. The van der Waals surface area contributed by atoms with Crippen LogP contribution in [0.15, 0.2) is 18.2 Å². The molecule has 3 rings (SSSR count). The lowest BCUT2D eigenvalue weighted by Gasteiger charge is -2.39. The summed E-state index contributed by atoms with van der Waals surface area (Å²) in [5.74, 6) is 0.870. The van der Waals surface area contributed by atoms with Crippen molar-refractivity contribution < 1.29 is 19.1 Å². The lowest BCUT2D eigenvalue weighted by molar-refractivity contribution is -0.139. The smallest absolute Gasteiger partial charge is 0.228 e. The van der Waals surface area contributed by atoms with E-state index < -0.39 is 0 Å². The molecule has 1 aromatic carbocycles. The van der Waals surface area contributed by atoms with E-state index in [0.717, 1.165) is 25.8 Å². The molecule has 2 amide bonds. The van der Waals surface area contributed by atoms with E-state index in [0.29, 0.717) is 23.7 Å². The second-order valence-electron chi connectivity index (χ2n) is 7.43. The van der Waals surface area contributed by atoms with E-state index in [4.69, 9.17) is 15.2 Å². The van der Waals surface area contributed by atoms with Crippen LogP contribution >= 0.6 is 12.4 Å². The fourth-order valence-corrected chi connectivity index (χ4v) is 4.08. The van der Waals surface area contributed by atoms with Gasteiger partial charge < -0.3 is 25.0 Å². The fourth-order valence-electron chi connectivity index (χ4n) is 4.08. The van der Waals surface area contributed by atoms with Gasteiger partial charge in [-0.05, 0) is 26.2 Å².